The lowest BCUT2D eigenvalue weighted by molar-refractivity contribution is -0.0425. The van der Waals surface area contributed by atoms with Crippen molar-refractivity contribution < 1.29 is 30.0 Å². The SMILES string of the molecule is CCC(CC(C)C#N)c1ccc(S(=O)(=O)[N-]S(=O)(=O)C(F)(F)F)cc1. The van der Waals surface area contributed by atoms with Crippen molar-refractivity contribution in [2.45, 2.75) is 43.0 Å². The molecule has 0 heterocycles. The van der Waals surface area contributed by atoms with Crippen LogP contribution in [0.4, 0.5) is 13.2 Å². The number of hydrogen-bond donors (Lipinski definition) is 0. The minimum absolute atomic E-state index is 0.0396. The Hall–Kier alpha value is -1.64. The first-order valence-electron chi connectivity index (χ1n) is 7.14. The van der Waals surface area contributed by atoms with E-state index in [-0.39, 0.29) is 11.8 Å². The summed E-state index contributed by atoms with van der Waals surface area (Å²) in [5.41, 5.74) is -5.09. The Balaban J connectivity index is 3.08. The van der Waals surface area contributed by atoms with Crippen molar-refractivity contribution in [3.8, 4) is 6.07 Å². The highest BCUT2D eigenvalue weighted by Crippen LogP contribution is 2.33. The molecule has 0 radical (unpaired) electrons. The molecule has 0 amide bonds. The summed E-state index contributed by atoms with van der Waals surface area (Å²) in [5.74, 6) is -0.262. The van der Waals surface area contributed by atoms with Crippen LogP contribution < -0.4 is 0 Å². The van der Waals surface area contributed by atoms with E-state index in [4.69, 9.17) is 5.26 Å². The Bertz CT molecular complexity index is 842. The molecular formula is C14H16F3N2O4S2-. The van der Waals surface area contributed by atoms with Crippen LogP contribution in [0.5, 0.6) is 0 Å². The first kappa shape index (κ1) is 21.4. The predicted molar refractivity (Wildman–Crippen MR) is 84.4 cm³/mol. The number of nitriles is 1. The smallest absolute Gasteiger partial charge is 0.424 e. The summed E-state index contributed by atoms with van der Waals surface area (Å²) in [6, 6.07) is 6.84. The minimum Gasteiger partial charge on any atom is -0.424 e. The molecule has 0 saturated heterocycles. The third kappa shape index (κ3) is 5.42. The van der Waals surface area contributed by atoms with Crippen molar-refractivity contribution >= 4 is 20.0 Å². The fourth-order valence-electron chi connectivity index (χ4n) is 2.14. The van der Waals surface area contributed by atoms with Crippen LogP contribution in [0.15, 0.2) is 29.2 Å². The van der Waals surface area contributed by atoms with E-state index < -0.39 is 30.5 Å². The summed E-state index contributed by atoms with van der Waals surface area (Å²) in [6.45, 7) is 3.62. The molecule has 0 saturated carbocycles. The zero-order chi connectivity index (χ0) is 19.5. The summed E-state index contributed by atoms with van der Waals surface area (Å²) >= 11 is 0. The standard InChI is InChI=1S/C14H16F3N2O4S2/c1-3-11(8-10(2)9-18)12-4-6-13(7-5-12)24(20,21)19-25(22,23)14(15,16)17/h4-7,10-11H,3,8H2,1-2H3/q-1. The van der Waals surface area contributed by atoms with Gasteiger partial charge >= 0.3 is 5.51 Å². The average molecular weight is 397 g/mol. The lowest BCUT2D eigenvalue weighted by atomic mass is 9.88. The largest absolute Gasteiger partial charge is 0.480 e. The third-order valence-electron chi connectivity index (χ3n) is 3.49. The van der Waals surface area contributed by atoms with Gasteiger partial charge in [0.25, 0.3) is 0 Å². The highest BCUT2D eigenvalue weighted by atomic mass is 32.3. The number of benzene rings is 1. The molecule has 0 aliphatic heterocycles. The van der Waals surface area contributed by atoms with E-state index in [9.17, 15) is 30.0 Å². The second kappa shape index (κ2) is 7.72. The van der Waals surface area contributed by atoms with E-state index in [1.807, 2.05) is 11.1 Å². The maximum absolute atomic E-state index is 12.3. The molecule has 0 fully saturated rings. The summed E-state index contributed by atoms with van der Waals surface area (Å²) in [7, 11) is -11.2. The van der Waals surface area contributed by atoms with Gasteiger partial charge in [-0.15, -0.1) is 0 Å². The topological polar surface area (TPSA) is 106 Å². The van der Waals surface area contributed by atoms with Crippen LogP contribution in [0.1, 0.15) is 38.2 Å². The Kier molecular flexibility index (Phi) is 6.61. The van der Waals surface area contributed by atoms with Gasteiger partial charge in [0.1, 0.15) is 10.0 Å². The number of hydrogen-bond acceptors (Lipinski definition) is 5. The molecule has 6 nitrogen and oxygen atoms in total. The predicted octanol–water partition coefficient (Wildman–Crippen LogP) is 3.64. The maximum Gasteiger partial charge on any atom is 0.480 e. The lowest BCUT2D eigenvalue weighted by Gasteiger charge is -2.22. The van der Waals surface area contributed by atoms with Gasteiger partial charge in [0.2, 0.25) is 0 Å². The Morgan fingerprint density at radius 2 is 1.68 bits per heavy atom. The first-order valence-corrected chi connectivity index (χ1v) is 10.0. The molecule has 0 N–H and O–H groups in total. The van der Waals surface area contributed by atoms with Crippen molar-refractivity contribution in [1.82, 2.24) is 0 Å². The summed E-state index contributed by atoms with van der Waals surface area (Å²) < 4.78 is 84.2. The average Bonchev–Trinajstić information content (AvgIpc) is 2.50. The molecule has 0 aromatic heterocycles. The van der Waals surface area contributed by atoms with Gasteiger partial charge in [0.05, 0.1) is 6.07 Å². The van der Waals surface area contributed by atoms with Gasteiger partial charge in [-0.2, -0.15) is 18.4 Å². The van der Waals surface area contributed by atoms with E-state index >= 15 is 0 Å². The highest BCUT2D eigenvalue weighted by molar-refractivity contribution is 8.12. The molecular weight excluding hydrogens is 381 g/mol. The second-order valence-electron chi connectivity index (χ2n) is 5.41. The maximum atomic E-state index is 12.3. The van der Waals surface area contributed by atoms with Crippen molar-refractivity contribution in [3.63, 3.8) is 0 Å². The second-order valence-corrected chi connectivity index (χ2v) is 8.84. The van der Waals surface area contributed by atoms with Crippen molar-refractivity contribution in [1.29, 1.82) is 5.26 Å². The molecule has 2 unspecified atom stereocenters. The van der Waals surface area contributed by atoms with Gasteiger partial charge in [-0.1, -0.05) is 19.1 Å². The number of rotatable bonds is 7. The number of nitrogens with zero attached hydrogens (tertiary/aromatic N) is 2. The highest BCUT2D eigenvalue weighted by Gasteiger charge is 2.40. The zero-order valence-corrected chi connectivity index (χ0v) is 15.0. The Morgan fingerprint density at radius 3 is 2.08 bits per heavy atom. The normalized spacial score (nSPS) is 15.4. The van der Waals surface area contributed by atoms with Gasteiger partial charge in [-0.25, -0.2) is 16.8 Å². The number of alkyl halides is 3. The van der Waals surface area contributed by atoms with Crippen molar-refractivity contribution in [2.24, 2.45) is 5.92 Å². The fraction of sp³-hybridized carbons (Fsp3) is 0.500. The quantitative estimate of drug-likeness (QED) is 0.698. The van der Waals surface area contributed by atoms with Crippen LogP contribution >= 0.6 is 0 Å². The summed E-state index contributed by atoms with van der Waals surface area (Å²) in [6.07, 6.45) is 1.21. The zero-order valence-electron chi connectivity index (χ0n) is 13.4. The van der Waals surface area contributed by atoms with E-state index in [1.54, 1.807) is 6.92 Å². The molecule has 1 aromatic rings. The molecule has 0 spiro atoms. The van der Waals surface area contributed by atoms with Gasteiger partial charge in [0, 0.05) is 10.8 Å². The fourth-order valence-corrected chi connectivity index (χ4v) is 4.34. The van der Waals surface area contributed by atoms with E-state index in [2.05, 4.69) is 6.07 Å². The molecule has 0 aliphatic rings. The van der Waals surface area contributed by atoms with Crippen molar-refractivity contribution in [2.75, 3.05) is 0 Å². The van der Waals surface area contributed by atoms with Crippen LogP contribution in [0.25, 0.3) is 4.13 Å². The molecule has 1 aromatic carbocycles. The summed E-state index contributed by atoms with van der Waals surface area (Å²) in [4.78, 5) is -0.660. The van der Waals surface area contributed by atoms with Gasteiger partial charge in [0.15, 0.2) is 10.0 Å². The lowest BCUT2D eigenvalue weighted by Crippen LogP contribution is -2.24. The van der Waals surface area contributed by atoms with Crippen LogP contribution in [0.3, 0.4) is 0 Å². The van der Waals surface area contributed by atoms with Crippen molar-refractivity contribution in [3.05, 3.63) is 34.0 Å². The first-order chi connectivity index (χ1) is 11.3. The monoisotopic (exact) mass is 397 g/mol. The van der Waals surface area contributed by atoms with E-state index in [0.717, 1.165) is 12.1 Å². The third-order valence-corrected chi connectivity index (χ3v) is 6.51. The van der Waals surface area contributed by atoms with Crippen LogP contribution in [0.2, 0.25) is 0 Å². The molecule has 11 heteroatoms. The molecule has 2 atom stereocenters. The molecule has 0 aliphatic carbocycles. The minimum atomic E-state index is -6.15. The molecule has 25 heavy (non-hydrogen) atoms. The van der Waals surface area contributed by atoms with Crippen LogP contribution in [-0.2, 0) is 20.0 Å². The number of halogens is 3. The molecule has 1 rings (SSSR count). The Morgan fingerprint density at radius 1 is 1.16 bits per heavy atom. The Labute approximate surface area is 144 Å². The van der Waals surface area contributed by atoms with Gasteiger partial charge in [-0.3, -0.25) is 0 Å². The van der Waals surface area contributed by atoms with Gasteiger partial charge in [-0.05, 0) is 43.4 Å². The van der Waals surface area contributed by atoms with E-state index in [1.165, 1.54) is 12.1 Å². The van der Waals surface area contributed by atoms with Gasteiger partial charge < -0.3 is 4.13 Å². The van der Waals surface area contributed by atoms with Crippen LogP contribution in [-0.4, -0.2) is 22.3 Å². The molecule has 0 bridgehead atoms. The summed E-state index contributed by atoms with van der Waals surface area (Å²) in [5, 5.41) is 8.86. The number of sulfonamides is 2. The van der Waals surface area contributed by atoms with E-state index in [0.29, 0.717) is 18.4 Å². The van der Waals surface area contributed by atoms with Crippen LogP contribution in [0, 0.1) is 17.2 Å². The molecule has 140 valence electrons.